The lowest BCUT2D eigenvalue weighted by Gasteiger charge is -2.20. The largest absolute Gasteiger partial charge is 0.493 e. The van der Waals surface area contributed by atoms with Gasteiger partial charge in [0.15, 0.2) is 11.5 Å². The zero-order chi connectivity index (χ0) is 19.6. The average molecular weight is 396 g/mol. The molecular weight excluding hydrogens is 376 g/mol. The fourth-order valence-electron chi connectivity index (χ4n) is 2.95. The van der Waals surface area contributed by atoms with Crippen LogP contribution in [0.1, 0.15) is 12.8 Å². The van der Waals surface area contributed by atoms with Crippen molar-refractivity contribution < 1.29 is 27.1 Å². The number of aromatic nitrogens is 2. The average Bonchev–Trinajstić information content (AvgIpc) is 3.30. The summed E-state index contributed by atoms with van der Waals surface area (Å²) in [6, 6.07) is 4.18. The highest BCUT2D eigenvalue weighted by molar-refractivity contribution is 7.88. The van der Waals surface area contributed by atoms with Crippen molar-refractivity contribution in [2.24, 2.45) is 0 Å². The molecule has 1 unspecified atom stereocenters. The van der Waals surface area contributed by atoms with Gasteiger partial charge in [-0.2, -0.15) is 4.31 Å². The first-order valence-corrected chi connectivity index (χ1v) is 10.0. The molecule has 0 saturated carbocycles. The van der Waals surface area contributed by atoms with Crippen molar-refractivity contribution in [2.75, 3.05) is 32.3 Å². The van der Waals surface area contributed by atoms with Crippen LogP contribution >= 0.6 is 0 Å². The van der Waals surface area contributed by atoms with Crippen molar-refractivity contribution in [1.82, 2.24) is 14.5 Å². The van der Waals surface area contributed by atoms with Gasteiger partial charge in [-0.1, -0.05) is 5.10 Å². The number of rotatable bonds is 6. The lowest BCUT2D eigenvalue weighted by molar-refractivity contribution is -0.119. The predicted octanol–water partition coefficient (Wildman–Crippen LogP) is 1.12. The molecule has 0 radical (unpaired) electrons. The summed E-state index contributed by atoms with van der Waals surface area (Å²) >= 11 is 0. The monoisotopic (exact) mass is 396 g/mol. The van der Waals surface area contributed by atoms with Crippen LogP contribution in [0.2, 0.25) is 0 Å². The summed E-state index contributed by atoms with van der Waals surface area (Å²) in [5.41, 5.74) is 0.583. The van der Waals surface area contributed by atoms with Crippen LogP contribution in [-0.4, -0.2) is 61.9 Å². The number of nitrogens with zero attached hydrogens (tertiary/aromatic N) is 3. The highest BCUT2D eigenvalue weighted by Gasteiger charge is 2.37. The summed E-state index contributed by atoms with van der Waals surface area (Å²) < 4.78 is 40.6. The van der Waals surface area contributed by atoms with E-state index in [0.29, 0.717) is 36.4 Å². The molecule has 146 valence electrons. The number of carbonyl (C=O) groups excluding carboxylic acids is 1. The smallest absolute Gasteiger partial charge is 0.322 e. The second kappa shape index (κ2) is 7.53. The molecule has 0 aliphatic carbocycles. The van der Waals surface area contributed by atoms with E-state index in [4.69, 9.17) is 13.9 Å². The second-order valence-electron chi connectivity index (χ2n) is 6.00. The van der Waals surface area contributed by atoms with Gasteiger partial charge < -0.3 is 13.9 Å². The van der Waals surface area contributed by atoms with Gasteiger partial charge in [-0.05, 0) is 31.0 Å². The molecular formula is C16H20N4O6S. The van der Waals surface area contributed by atoms with E-state index in [9.17, 15) is 13.2 Å². The number of methoxy groups -OCH3 is 2. The number of benzene rings is 1. The van der Waals surface area contributed by atoms with Crippen LogP contribution in [-0.2, 0) is 14.8 Å². The maximum atomic E-state index is 12.4. The molecule has 0 spiro atoms. The van der Waals surface area contributed by atoms with Gasteiger partial charge in [0, 0.05) is 12.1 Å². The third kappa shape index (κ3) is 4.03. The summed E-state index contributed by atoms with van der Waals surface area (Å²) in [4.78, 5) is 12.4. The van der Waals surface area contributed by atoms with E-state index in [1.807, 2.05) is 0 Å². The van der Waals surface area contributed by atoms with Gasteiger partial charge in [-0.25, -0.2) is 8.42 Å². The topological polar surface area (TPSA) is 124 Å². The molecule has 3 rings (SSSR count). The number of hydrogen-bond acceptors (Lipinski definition) is 8. The minimum atomic E-state index is -3.46. The Bertz CT molecular complexity index is 942. The lowest BCUT2D eigenvalue weighted by Crippen LogP contribution is -2.42. The standard InChI is InChI=1S/C16H20N4O6S/c1-24-12-7-6-10(9-13(12)25-2)15-18-19-16(26-15)17-14(21)11-5-4-8-20(11)27(3,22)23/h6-7,9,11H,4-5,8H2,1-3H3,(H,17,19,21). The first-order valence-electron chi connectivity index (χ1n) is 8.17. The molecule has 27 heavy (non-hydrogen) atoms. The van der Waals surface area contributed by atoms with Crippen molar-refractivity contribution in [2.45, 2.75) is 18.9 Å². The maximum absolute atomic E-state index is 12.4. The van der Waals surface area contributed by atoms with Crippen LogP contribution in [0.15, 0.2) is 22.6 Å². The van der Waals surface area contributed by atoms with Crippen LogP contribution in [0, 0.1) is 0 Å². The highest BCUT2D eigenvalue weighted by atomic mass is 32.2. The minimum Gasteiger partial charge on any atom is -0.493 e. The Labute approximate surface area is 156 Å². The molecule has 10 nitrogen and oxygen atoms in total. The molecule has 1 saturated heterocycles. The van der Waals surface area contributed by atoms with E-state index in [1.165, 1.54) is 18.5 Å². The van der Waals surface area contributed by atoms with Gasteiger partial charge in [0.25, 0.3) is 0 Å². The van der Waals surface area contributed by atoms with Crippen molar-refractivity contribution in [3.63, 3.8) is 0 Å². The highest BCUT2D eigenvalue weighted by Crippen LogP contribution is 2.32. The number of carbonyl (C=O) groups is 1. The van der Waals surface area contributed by atoms with Gasteiger partial charge >= 0.3 is 6.01 Å². The lowest BCUT2D eigenvalue weighted by atomic mass is 10.2. The molecule has 1 aromatic heterocycles. The molecule has 2 heterocycles. The van der Waals surface area contributed by atoms with E-state index in [1.54, 1.807) is 18.2 Å². The van der Waals surface area contributed by atoms with E-state index < -0.39 is 22.0 Å². The number of ether oxygens (including phenoxy) is 2. The van der Waals surface area contributed by atoms with Gasteiger partial charge in [0.1, 0.15) is 6.04 Å². The summed E-state index contributed by atoms with van der Waals surface area (Å²) in [7, 11) is -0.422. The fraction of sp³-hybridized carbons (Fsp3) is 0.438. The first kappa shape index (κ1) is 19.1. The third-order valence-corrected chi connectivity index (χ3v) is 5.51. The van der Waals surface area contributed by atoms with Crippen molar-refractivity contribution in [3.05, 3.63) is 18.2 Å². The molecule has 1 aliphatic rings. The molecule has 1 atom stereocenters. The van der Waals surface area contributed by atoms with Crippen LogP contribution < -0.4 is 14.8 Å². The Balaban J connectivity index is 1.76. The molecule has 0 bridgehead atoms. The molecule has 1 aromatic carbocycles. The first-order chi connectivity index (χ1) is 12.8. The normalized spacial score (nSPS) is 17.7. The number of anilines is 1. The van der Waals surface area contributed by atoms with Gasteiger partial charge in [0.05, 0.1) is 20.5 Å². The molecule has 1 amide bonds. The molecule has 11 heteroatoms. The number of nitrogens with one attached hydrogen (secondary N) is 1. The van der Waals surface area contributed by atoms with Crippen molar-refractivity contribution in [3.8, 4) is 23.0 Å². The summed E-state index contributed by atoms with van der Waals surface area (Å²) in [5, 5.41) is 10.2. The Morgan fingerprint density at radius 3 is 2.67 bits per heavy atom. The van der Waals surface area contributed by atoms with E-state index in [-0.39, 0.29) is 11.9 Å². The fourth-order valence-corrected chi connectivity index (χ4v) is 4.07. The Morgan fingerprint density at radius 1 is 1.26 bits per heavy atom. The number of hydrogen-bond donors (Lipinski definition) is 1. The molecule has 1 aliphatic heterocycles. The summed E-state index contributed by atoms with van der Waals surface area (Å²) in [6.45, 7) is 0.317. The zero-order valence-corrected chi connectivity index (χ0v) is 15.9. The number of sulfonamides is 1. The van der Waals surface area contributed by atoms with Crippen molar-refractivity contribution in [1.29, 1.82) is 0 Å². The van der Waals surface area contributed by atoms with Gasteiger partial charge in [0.2, 0.25) is 21.8 Å². The second-order valence-corrected chi connectivity index (χ2v) is 7.94. The van der Waals surface area contributed by atoms with Crippen LogP contribution in [0.25, 0.3) is 11.5 Å². The van der Waals surface area contributed by atoms with E-state index >= 15 is 0 Å². The summed E-state index contributed by atoms with van der Waals surface area (Å²) in [6.07, 6.45) is 2.14. The molecule has 1 N–H and O–H groups in total. The van der Waals surface area contributed by atoms with Crippen LogP contribution in [0.4, 0.5) is 6.01 Å². The SMILES string of the molecule is COc1ccc(-c2nnc(NC(=O)C3CCCN3S(C)(=O)=O)o2)cc1OC. The molecule has 1 fully saturated rings. The van der Waals surface area contributed by atoms with Gasteiger partial charge in [-0.15, -0.1) is 5.10 Å². The summed E-state index contributed by atoms with van der Waals surface area (Å²) in [5.74, 6) is 0.725. The zero-order valence-electron chi connectivity index (χ0n) is 15.1. The third-order valence-electron chi connectivity index (χ3n) is 4.22. The van der Waals surface area contributed by atoms with Gasteiger partial charge in [-0.3, -0.25) is 10.1 Å². The Hall–Kier alpha value is -2.66. The Morgan fingerprint density at radius 2 is 2.00 bits per heavy atom. The van der Waals surface area contributed by atoms with Crippen LogP contribution in [0.5, 0.6) is 11.5 Å². The Kier molecular flexibility index (Phi) is 5.33. The van der Waals surface area contributed by atoms with Crippen molar-refractivity contribution >= 4 is 21.9 Å². The van der Waals surface area contributed by atoms with E-state index in [2.05, 4.69) is 15.5 Å². The maximum Gasteiger partial charge on any atom is 0.322 e. The minimum absolute atomic E-state index is 0.106. The predicted molar refractivity (Wildman–Crippen MR) is 96.0 cm³/mol. The quantitative estimate of drug-likeness (QED) is 0.770. The van der Waals surface area contributed by atoms with Crippen LogP contribution in [0.3, 0.4) is 0 Å². The number of amides is 1. The van der Waals surface area contributed by atoms with E-state index in [0.717, 1.165) is 6.26 Å². The molecule has 2 aromatic rings.